The van der Waals surface area contributed by atoms with E-state index in [0.717, 1.165) is 36.6 Å². The van der Waals surface area contributed by atoms with Crippen LogP contribution < -0.4 is 4.74 Å². The minimum absolute atomic E-state index is 0.322. The zero-order valence-corrected chi connectivity index (χ0v) is 16.8. The minimum Gasteiger partial charge on any atom is -0.489 e. The van der Waals surface area contributed by atoms with Gasteiger partial charge in [-0.15, -0.1) is 0 Å². The van der Waals surface area contributed by atoms with Crippen molar-refractivity contribution < 1.29 is 19.4 Å². The van der Waals surface area contributed by atoms with Gasteiger partial charge in [-0.1, -0.05) is 6.07 Å². The lowest BCUT2D eigenvalue weighted by Gasteiger charge is -2.37. The maximum Gasteiger partial charge on any atom is 0.358 e. The van der Waals surface area contributed by atoms with Crippen molar-refractivity contribution in [3.63, 3.8) is 0 Å². The van der Waals surface area contributed by atoms with E-state index in [9.17, 15) is 9.90 Å². The van der Waals surface area contributed by atoms with Gasteiger partial charge in [-0.25, -0.2) is 4.79 Å². The normalized spacial score (nSPS) is 16.7. The molecule has 3 rings (SSSR count). The van der Waals surface area contributed by atoms with Gasteiger partial charge < -0.3 is 19.6 Å². The van der Waals surface area contributed by atoms with Crippen LogP contribution >= 0.6 is 0 Å². The Morgan fingerprint density at radius 3 is 2.71 bits per heavy atom. The Bertz CT molecular complexity index is 795. The van der Waals surface area contributed by atoms with E-state index >= 15 is 0 Å². The smallest absolute Gasteiger partial charge is 0.358 e. The number of aryl methyl sites for hydroxylation is 1. The van der Waals surface area contributed by atoms with Gasteiger partial charge in [-0.3, -0.25) is 9.88 Å². The van der Waals surface area contributed by atoms with Gasteiger partial charge in [-0.05, 0) is 45.7 Å². The van der Waals surface area contributed by atoms with Crippen molar-refractivity contribution in [3.8, 4) is 5.75 Å². The molecule has 0 aromatic carbocycles. The number of carbonyl (C=O) groups excluding carboxylic acids is 1. The number of aromatic amines is 1. The van der Waals surface area contributed by atoms with E-state index in [0.29, 0.717) is 37.5 Å². The number of rotatable bonds is 7. The van der Waals surface area contributed by atoms with Gasteiger partial charge in [0.25, 0.3) is 0 Å². The first kappa shape index (κ1) is 20.4. The summed E-state index contributed by atoms with van der Waals surface area (Å²) in [5.74, 6) is 0.171. The molecule has 1 saturated heterocycles. The van der Waals surface area contributed by atoms with E-state index in [1.54, 1.807) is 13.1 Å². The average Bonchev–Trinajstić information content (AvgIpc) is 2.99. The Labute approximate surface area is 165 Å². The van der Waals surface area contributed by atoms with Crippen molar-refractivity contribution in [1.29, 1.82) is 0 Å². The fourth-order valence-corrected chi connectivity index (χ4v) is 3.54. The van der Waals surface area contributed by atoms with Crippen molar-refractivity contribution in [3.05, 3.63) is 47.0 Å². The highest BCUT2D eigenvalue weighted by molar-refractivity contribution is 5.91. The lowest BCUT2D eigenvalue weighted by molar-refractivity contribution is -0.0311. The third kappa shape index (κ3) is 4.36. The molecule has 3 heterocycles. The molecule has 152 valence electrons. The van der Waals surface area contributed by atoms with Crippen LogP contribution in [-0.2, 0) is 10.3 Å². The fourth-order valence-electron chi connectivity index (χ4n) is 3.54. The van der Waals surface area contributed by atoms with E-state index in [1.807, 2.05) is 32.0 Å². The number of H-pyrrole nitrogens is 1. The first-order chi connectivity index (χ1) is 13.4. The molecule has 2 N–H and O–H groups in total. The minimum atomic E-state index is -0.857. The second-order valence-corrected chi connectivity index (χ2v) is 7.24. The van der Waals surface area contributed by atoms with Crippen LogP contribution in [0.4, 0.5) is 0 Å². The van der Waals surface area contributed by atoms with Gasteiger partial charge in [0.05, 0.1) is 12.3 Å². The molecular weight excluding hydrogens is 358 g/mol. The lowest BCUT2D eigenvalue weighted by atomic mass is 9.88. The van der Waals surface area contributed by atoms with Crippen LogP contribution in [0, 0.1) is 13.8 Å². The van der Waals surface area contributed by atoms with Crippen LogP contribution in [0.15, 0.2) is 24.4 Å². The van der Waals surface area contributed by atoms with Crippen molar-refractivity contribution in [2.24, 2.45) is 0 Å². The number of aromatic nitrogens is 2. The van der Waals surface area contributed by atoms with E-state index in [-0.39, 0.29) is 0 Å². The summed E-state index contributed by atoms with van der Waals surface area (Å²) in [6.07, 6.45) is 3.00. The van der Waals surface area contributed by atoms with E-state index in [1.165, 1.54) is 0 Å². The highest BCUT2D eigenvalue weighted by Crippen LogP contribution is 2.31. The predicted molar refractivity (Wildman–Crippen MR) is 106 cm³/mol. The Hall–Kier alpha value is -2.38. The number of carbonyl (C=O) groups is 1. The Morgan fingerprint density at radius 2 is 2.07 bits per heavy atom. The third-order valence-electron chi connectivity index (χ3n) is 5.40. The second-order valence-electron chi connectivity index (χ2n) is 7.24. The Morgan fingerprint density at radius 1 is 1.32 bits per heavy atom. The number of hydrogen-bond donors (Lipinski definition) is 2. The highest BCUT2D eigenvalue weighted by Gasteiger charge is 2.35. The monoisotopic (exact) mass is 387 g/mol. The van der Waals surface area contributed by atoms with Gasteiger partial charge in [0.2, 0.25) is 0 Å². The molecule has 1 fully saturated rings. The number of ether oxygens (including phenoxy) is 2. The van der Waals surface area contributed by atoms with Crippen LogP contribution in [0.2, 0.25) is 0 Å². The first-order valence-electron chi connectivity index (χ1n) is 9.80. The zero-order valence-electron chi connectivity index (χ0n) is 16.8. The van der Waals surface area contributed by atoms with Crippen molar-refractivity contribution >= 4 is 5.97 Å². The molecule has 0 saturated carbocycles. The predicted octanol–water partition coefficient (Wildman–Crippen LogP) is 2.57. The highest BCUT2D eigenvalue weighted by atomic mass is 16.5. The lowest BCUT2D eigenvalue weighted by Crippen LogP contribution is -2.44. The number of nitrogens with zero attached hydrogens (tertiary/aromatic N) is 2. The number of piperidine rings is 1. The summed E-state index contributed by atoms with van der Waals surface area (Å²) in [4.78, 5) is 21.8. The molecule has 0 amide bonds. The topological polar surface area (TPSA) is 87.7 Å². The van der Waals surface area contributed by atoms with Gasteiger partial charge in [0, 0.05) is 37.1 Å². The molecule has 0 bridgehead atoms. The number of likely N-dealkylation sites (tertiary alicyclic amines) is 1. The molecule has 28 heavy (non-hydrogen) atoms. The van der Waals surface area contributed by atoms with Crippen LogP contribution in [0.25, 0.3) is 0 Å². The van der Waals surface area contributed by atoms with Crippen molar-refractivity contribution in [2.45, 2.75) is 39.2 Å². The summed E-state index contributed by atoms with van der Waals surface area (Å²) in [5.41, 5.74) is 2.08. The van der Waals surface area contributed by atoms with Crippen molar-refractivity contribution in [1.82, 2.24) is 14.9 Å². The van der Waals surface area contributed by atoms with Gasteiger partial charge in [-0.2, -0.15) is 0 Å². The SMILES string of the molecule is CCOC(=O)c1[nH]c(C)c(C)c1OCCN1CCC(O)(c2ccccn2)CC1. The summed E-state index contributed by atoms with van der Waals surface area (Å²) in [6.45, 7) is 8.67. The van der Waals surface area contributed by atoms with Gasteiger partial charge in [0.15, 0.2) is 11.4 Å². The fraction of sp³-hybridized carbons (Fsp3) is 0.524. The molecule has 1 aliphatic rings. The number of pyridine rings is 1. The summed E-state index contributed by atoms with van der Waals surface area (Å²) < 4.78 is 11.1. The molecule has 0 radical (unpaired) electrons. The Balaban J connectivity index is 1.54. The molecule has 0 unspecified atom stereocenters. The van der Waals surface area contributed by atoms with E-state index in [2.05, 4.69) is 14.9 Å². The molecule has 7 nitrogen and oxygen atoms in total. The third-order valence-corrected chi connectivity index (χ3v) is 5.40. The summed E-state index contributed by atoms with van der Waals surface area (Å²) in [7, 11) is 0. The summed E-state index contributed by atoms with van der Waals surface area (Å²) in [6, 6.07) is 5.64. The Kier molecular flexibility index (Phi) is 6.36. The average molecular weight is 387 g/mol. The van der Waals surface area contributed by atoms with Gasteiger partial charge >= 0.3 is 5.97 Å². The molecule has 1 aliphatic heterocycles. The number of esters is 1. The van der Waals surface area contributed by atoms with E-state index < -0.39 is 11.6 Å². The molecule has 2 aromatic heterocycles. The van der Waals surface area contributed by atoms with Crippen LogP contribution in [0.5, 0.6) is 5.75 Å². The second kappa shape index (κ2) is 8.75. The quantitative estimate of drug-likeness (QED) is 0.710. The van der Waals surface area contributed by atoms with Crippen LogP contribution in [0.3, 0.4) is 0 Å². The number of aliphatic hydroxyl groups is 1. The van der Waals surface area contributed by atoms with Crippen molar-refractivity contribution in [2.75, 3.05) is 32.8 Å². The first-order valence-corrected chi connectivity index (χ1v) is 9.80. The van der Waals surface area contributed by atoms with Crippen LogP contribution in [0.1, 0.15) is 47.2 Å². The van der Waals surface area contributed by atoms with Crippen LogP contribution in [-0.4, -0.2) is 58.8 Å². The molecule has 0 aliphatic carbocycles. The molecule has 0 atom stereocenters. The summed E-state index contributed by atoms with van der Waals surface area (Å²) in [5, 5.41) is 10.9. The van der Waals surface area contributed by atoms with Gasteiger partial charge in [0.1, 0.15) is 12.2 Å². The largest absolute Gasteiger partial charge is 0.489 e. The maximum absolute atomic E-state index is 12.1. The number of hydrogen-bond acceptors (Lipinski definition) is 6. The van der Waals surface area contributed by atoms with E-state index in [4.69, 9.17) is 9.47 Å². The molecule has 2 aromatic rings. The summed E-state index contributed by atoms with van der Waals surface area (Å²) >= 11 is 0. The number of nitrogens with one attached hydrogen (secondary N) is 1. The molecular formula is C21H29N3O4. The zero-order chi connectivity index (χ0) is 20.1. The molecule has 7 heteroatoms. The molecule has 0 spiro atoms. The standard InChI is InChI=1S/C21H29N3O4/c1-4-27-20(25)18-19(15(2)16(3)23-18)28-14-13-24-11-8-21(26,9-12-24)17-7-5-6-10-22-17/h5-7,10,23,26H,4,8-9,11-14H2,1-3H3. The maximum atomic E-state index is 12.1.